The number of carbonyl (C=O) groups is 1. The van der Waals surface area contributed by atoms with Gasteiger partial charge in [-0.25, -0.2) is 4.79 Å². The Morgan fingerprint density at radius 3 is 3.00 bits per heavy atom. The molecule has 0 amide bonds. The van der Waals surface area contributed by atoms with Crippen molar-refractivity contribution in [3.63, 3.8) is 0 Å². The van der Waals surface area contributed by atoms with E-state index in [4.69, 9.17) is 15.2 Å². The first-order valence-electron chi connectivity index (χ1n) is 4.79. The first-order valence-corrected chi connectivity index (χ1v) is 4.79. The third kappa shape index (κ3) is 1.16. The fraction of sp³-hybridized carbons (Fsp3) is 0.889. The van der Waals surface area contributed by atoms with Crippen LogP contribution in [0.5, 0.6) is 0 Å². The van der Waals surface area contributed by atoms with Gasteiger partial charge in [-0.1, -0.05) is 0 Å². The van der Waals surface area contributed by atoms with E-state index in [-0.39, 0.29) is 18.1 Å². The molecule has 3 atom stereocenters. The number of rotatable bonds is 2. The molecule has 74 valence electrons. The fourth-order valence-corrected chi connectivity index (χ4v) is 2.26. The summed E-state index contributed by atoms with van der Waals surface area (Å²) in [6, 6.07) is -0.176. The van der Waals surface area contributed by atoms with Gasteiger partial charge in [-0.05, 0) is 26.2 Å². The Morgan fingerprint density at radius 1 is 1.77 bits per heavy atom. The molecule has 2 N–H and O–H groups in total. The van der Waals surface area contributed by atoms with Gasteiger partial charge in [-0.15, -0.1) is 0 Å². The molecule has 2 aliphatic heterocycles. The average Bonchev–Trinajstić information content (AvgIpc) is 2.62. The molecule has 2 rings (SSSR count). The van der Waals surface area contributed by atoms with Gasteiger partial charge in [-0.3, -0.25) is 0 Å². The zero-order valence-corrected chi connectivity index (χ0v) is 7.79. The van der Waals surface area contributed by atoms with Crippen LogP contribution in [0.4, 0.5) is 0 Å². The van der Waals surface area contributed by atoms with Crippen molar-refractivity contribution in [2.45, 2.75) is 43.9 Å². The molecule has 0 radical (unpaired) electrons. The standard InChI is InChI=1S/C9H15NO3/c1-2-12-8(11)9-4-3-6(13-9)5-7(9)10/h6-7H,2-5,10H2,1H3. The van der Waals surface area contributed by atoms with E-state index in [1.54, 1.807) is 6.92 Å². The first kappa shape index (κ1) is 8.97. The Morgan fingerprint density at radius 2 is 2.54 bits per heavy atom. The quantitative estimate of drug-likeness (QED) is 0.624. The van der Waals surface area contributed by atoms with E-state index in [0.717, 1.165) is 19.3 Å². The predicted molar refractivity (Wildman–Crippen MR) is 46.1 cm³/mol. The van der Waals surface area contributed by atoms with E-state index in [9.17, 15) is 4.79 Å². The van der Waals surface area contributed by atoms with Crippen molar-refractivity contribution >= 4 is 5.97 Å². The summed E-state index contributed by atoms with van der Waals surface area (Å²) < 4.78 is 10.6. The molecule has 0 aromatic carbocycles. The molecule has 0 aromatic rings. The van der Waals surface area contributed by atoms with Crippen molar-refractivity contribution < 1.29 is 14.3 Å². The van der Waals surface area contributed by atoms with Crippen molar-refractivity contribution in [1.29, 1.82) is 0 Å². The lowest BCUT2D eigenvalue weighted by Crippen LogP contribution is -2.51. The molecular formula is C9H15NO3. The normalized spacial score (nSPS) is 42.3. The average molecular weight is 185 g/mol. The van der Waals surface area contributed by atoms with Gasteiger partial charge >= 0.3 is 5.97 Å². The molecule has 0 saturated carbocycles. The molecule has 2 fully saturated rings. The summed E-state index contributed by atoms with van der Waals surface area (Å²) in [6.07, 6.45) is 2.63. The zero-order valence-electron chi connectivity index (χ0n) is 7.79. The zero-order chi connectivity index (χ0) is 9.47. The van der Waals surface area contributed by atoms with Gasteiger partial charge in [0, 0.05) is 6.04 Å². The third-order valence-electron chi connectivity index (χ3n) is 2.95. The van der Waals surface area contributed by atoms with E-state index >= 15 is 0 Å². The smallest absolute Gasteiger partial charge is 0.340 e. The molecule has 3 unspecified atom stereocenters. The molecule has 4 heteroatoms. The van der Waals surface area contributed by atoms with Crippen molar-refractivity contribution in [3.05, 3.63) is 0 Å². The second-order valence-corrected chi connectivity index (χ2v) is 3.73. The van der Waals surface area contributed by atoms with Crippen LogP contribution >= 0.6 is 0 Å². The second kappa shape index (κ2) is 2.96. The van der Waals surface area contributed by atoms with E-state index in [1.165, 1.54) is 0 Å². The maximum atomic E-state index is 11.6. The van der Waals surface area contributed by atoms with Gasteiger partial charge < -0.3 is 15.2 Å². The number of hydrogen-bond acceptors (Lipinski definition) is 4. The number of carbonyl (C=O) groups excluding carboxylic acids is 1. The fourth-order valence-electron chi connectivity index (χ4n) is 2.26. The molecule has 2 heterocycles. The van der Waals surface area contributed by atoms with Crippen molar-refractivity contribution in [3.8, 4) is 0 Å². The Kier molecular flexibility index (Phi) is 2.04. The number of ether oxygens (including phenoxy) is 2. The van der Waals surface area contributed by atoms with Gasteiger partial charge in [0.2, 0.25) is 0 Å². The van der Waals surface area contributed by atoms with E-state index in [0.29, 0.717) is 6.61 Å². The lowest BCUT2D eigenvalue weighted by molar-refractivity contribution is -0.165. The maximum Gasteiger partial charge on any atom is 0.340 e. The molecule has 13 heavy (non-hydrogen) atoms. The summed E-state index contributed by atoms with van der Waals surface area (Å²) >= 11 is 0. The Balaban J connectivity index is 2.14. The van der Waals surface area contributed by atoms with Crippen LogP contribution in [0.15, 0.2) is 0 Å². The largest absolute Gasteiger partial charge is 0.464 e. The molecule has 2 bridgehead atoms. The van der Waals surface area contributed by atoms with Gasteiger partial charge in [-0.2, -0.15) is 0 Å². The van der Waals surface area contributed by atoms with Crippen LogP contribution in [0, 0.1) is 0 Å². The van der Waals surface area contributed by atoms with Gasteiger partial charge in [0.25, 0.3) is 0 Å². The highest BCUT2D eigenvalue weighted by molar-refractivity contribution is 5.81. The molecule has 2 aliphatic rings. The van der Waals surface area contributed by atoms with E-state index in [1.807, 2.05) is 0 Å². The summed E-state index contributed by atoms with van der Waals surface area (Å²) in [7, 11) is 0. The molecule has 0 aliphatic carbocycles. The molecule has 4 nitrogen and oxygen atoms in total. The van der Waals surface area contributed by atoms with Crippen molar-refractivity contribution in [2.75, 3.05) is 6.61 Å². The summed E-state index contributed by atoms with van der Waals surface area (Å²) in [5.41, 5.74) is 5.06. The predicted octanol–water partition coefficient (Wildman–Crippen LogP) is 0.198. The highest BCUT2D eigenvalue weighted by atomic mass is 16.6. The highest BCUT2D eigenvalue weighted by Crippen LogP contribution is 2.43. The highest BCUT2D eigenvalue weighted by Gasteiger charge is 2.58. The summed E-state index contributed by atoms with van der Waals surface area (Å²) in [5.74, 6) is -0.275. The number of hydrogen-bond donors (Lipinski definition) is 1. The minimum atomic E-state index is -0.805. The molecule has 0 aromatic heterocycles. The van der Waals surface area contributed by atoms with Crippen molar-refractivity contribution in [2.24, 2.45) is 5.73 Å². The monoisotopic (exact) mass is 185 g/mol. The molecular weight excluding hydrogens is 170 g/mol. The van der Waals surface area contributed by atoms with Crippen LogP contribution in [0.3, 0.4) is 0 Å². The van der Waals surface area contributed by atoms with Crippen LogP contribution in [-0.2, 0) is 14.3 Å². The number of esters is 1. The Labute approximate surface area is 77.4 Å². The minimum Gasteiger partial charge on any atom is -0.464 e. The van der Waals surface area contributed by atoms with Gasteiger partial charge in [0.15, 0.2) is 5.60 Å². The molecule has 2 saturated heterocycles. The van der Waals surface area contributed by atoms with Crippen LogP contribution in [0.2, 0.25) is 0 Å². The van der Waals surface area contributed by atoms with Crippen LogP contribution in [0.25, 0.3) is 0 Å². The number of fused-ring (bicyclic) bond motifs is 2. The lowest BCUT2D eigenvalue weighted by atomic mass is 9.84. The van der Waals surface area contributed by atoms with Gasteiger partial charge in [0.1, 0.15) is 0 Å². The Bertz CT molecular complexity index is 231. The Hall–Kier alpha value is -0.610. The third-order valence-corrected chi connectivity index (χ3v) is 2.95. The maximum absolute atomic E-state index is 11.6. The SMILES string of the molecule is CCOC(=O)C12CCC(CC1N)O2. The molecule has 0 spiro atoms. The topological polar surface area (TPSA) is 61.5 Å². The van der Waals surface area contributed by atoms with Crippen molar-refractivity contribution in [1.82, 2.24) is 0 Å². The minimum absolute atomic E-state index is 0.176. The van der Waals surface area contributed by atoms with Gasteiger partial charge in [0.05, 0.1) is 12.7 Å². The summed E-state index contributed by atoms with van der Waals surface area (Å²) in [6.45, 7) is 2.18. The first-order chi connectivity index (χ1) is 6.19. The van der Waals surface area contributed by atoms with Crippen LogP contribution in [-0.4, -0.2) is 30.3 Å². The van der Waals surface area contributed by atoms with E-state index < -0.39 is 5.60 Å². The number of nitrogens with two attached hydrogens (primary N) is 1. The van der Waals surface area contributed by atoms with E-state index in [2.05, 4.69) is 0 Å². The summed E-state index contributed by atoms with van der Waals surface area (Å²) in [5, 5.41) is 0. The second-order valence-electron chi connectivity index (χ2n) is 3.73. The van der Waals surface area contributed by atoms with Crippen LogP contribution in [0.1, 0.15) is 26.2 Å². The summed E-state index contributed by atoms with van der Waals surface area (Å²) in [4.78, 5) is 11.6. The lowest BCUT2D eigenvalue weighted by Gasteiger charge is -2.27. The van der Waals surface area contributed by atoms with Crippen LogP contribution < -0.4 is 5.73 Å².